The first kappa shape index (κ1) is 14.1. The van der Waals surface area contributed by atoms with Gasteiger partial charge in [-0.3, -0.25) is 9.69 Å². The first-order chi connectivity index (χ1) is 9.09. The zero-order chi connectivity index (χ0) is 13.9. The predicted octanol–water partition coefficient (Wildman–Crippen LogP) is 3.31. The van der Waals surface area contributed by atoms with Crippen LogP contribution in [0.3, 0.4) is 0 Å². The summed E-state index contributed by atoms with van der Waals surface area (Å²) >= 11 is 0. The number of hydrogen-bond acceptors (Lipinski definition) is 3. The summed E-state index contributed by atoms with van der Waals surface area (Å²) in [7, 11) is 0. The molecule has 0 radical (unpaired) electrons. The van der Waals surface area contributed by atoms with Gasteiger partial charge in [0, 0.05) is 18.2 Å². The quantitative estimate of drug-likeness (QED) is 0.887. The Kier molecular flexibility index (Phi) is 4.30. The fourth-order valence-electron chi connectivity index (χ4n) is 3.19. The lowest BCUT2D eigenvalue weighted by Crippen LogP contribution is -2.48. The molecular weight excluding hydrogens is 242 g/mol. The second-order valence-electron chi connectivity index (χ2n) is 5.64. The molecule has 0 aliphatic carbocycles. The maximum atomic E-state index is 11.7. The van der Waals surface area contributed by atoms with E-state index in [1.807, 2.05) is 6.07 Å². The van der Waals surface area contributed by atoms with Gasteiger partial charge in [-0.05, 0) is 38.8 Å². The minimum Gasteiger partial charge on any atom is -0.481 e. The second kappa shape index (κ2) is 5.78. The van der Waals surface area contributed by atoms with Crippen molar-refractivity contribution in [2.24, 2.45) is 5.41 Å². The third kappa shape index (κ3) is 2.84. The molecule has 1 N–H and O–H groups in total. The largest absolute Gasteiger partial charge is 0.481 e. The number of rotatable bonds is 5. The van der Waals surface area contributed by atoms with Gasteiger partial charge in [0.2, 0.25) is 0 Å². The molecule has 0 amide bonds. The Morgan fingerprint density at radius 1 is 1.63 bits per heavy atom. The molecular formula is C15H23NO3. The molecule has 2 heterocycles. The SMILES string of the molecule is CCCC1(C(=O)O)CCCN(C(C)c2ccoc2)C1. The van der Waals surface area contributed by atoms with Gasteiger partial charge in [0.25, 0.3) is 0 Å². The van der Waals surface area contributed by atoms with Crippen molar-refractivity contribution in [3.8, 4) is 0 Å². The summed E-state index contributed by atoms with van der Waals surface area (Å²) in [6.45, 7) is 5.78. The van der Waals surface area contributed by atoms with Crippen LogP contribution in [-0.4, -0.2) is 29.1 Å². The van der Waals surface area contributed by atoms with E-state index >= 15 is 0 Å². The van der Waals surface area contributed by atoms with Crippen LogP contribution in [-0.2, 0) is 4.79 Å². The molecule has 1 saturated heterocycles. The monoisotopic (exact) mass is 265 g/mol. The van der Waals surface area contributed by atoms with Gasteiger partial charge in [0.1, 0.15) is 0 Å². The van der Waals surface area contributed by atoms with Crippen LogP contribution in [0, 0.1) is 5.41 Å². The number of carboxylic acids is 1. The van der Waals surface area contributed by atoms with Crippen LogP contribution in [0.1, 0.15) is 51.1 Å². The van der Waals surface area contributed by atoms with Gasteiger partial charge in [0.05, 0.1) is 17.9 Å². The molecule has 4 nitrogen and oxygen atoms in total. The van der Waals surface area contributed by atoms with Crippen LogP contribution in [0.4, 0.5) is 0 Å². The van der Waals surface area contributed by atoms with Gasteiger partial charge in [-0.15, -0.1) is 0 Å². The molecule has 106 valence electrons. The Bertz CT molecular complexity index is 411. The van der Waals surface area contributed by atoms with E-state index in [9.17, 15) is 9.90 Å². The Morgan fingerprint density at radius 3 is 3.00 bits per heavy atom. The Balaban J connectivity index is 2.13. The highest BCUT2D eigenvalue weighted by atomic mass is 16.4. The summed E-state index contributed by atoms with van der Waals surface area (Å²) in [6, 6.07) is 2.18. The summed E-state index contributed by atoms with van der Waals surface area (Å²) < 4.78 is 5.13. The molecule has 1 aliphatic heterocycles. The third-order valence-corrected chi connectivity index (χ3v) is 4.36. The van der Waals surface area contributed by atoms with Crippen molar-refractivity contribution in [1.29, 1.82) is 0 Å². The maximum Gasteiger partial charge on any atom is 0.310 e. The van der Waals surface area contributed by atoms with Crippen LogP contribution in [0.5, 0.6) is 0 Å². The smallest absolute Gasteiger partial charge is 0.310 e. The number of nitrogens with zero attached hydrogens (tertiary/aromatic N) is 1. The summed E-state index contributed by atoms with van der Waals surface area (Å²) in [4.78, 5) is 14.0. The number of likely N-dealkylation sites (tertiary alicyclic amines) is 1. The molecule has 0 saturated carbocycles. The molecule has 2 unspecified atom stereocenters. The van der Waals surface area contributed by atoms with Crippen molar-refractivity contribution >= 4 is 5.97 Å². The van der Waals surface area contributed by atoms with E-state index < -0.39 is 11.4 Å². The Hall–Kier alpha value is -1.29. The van der Waals surface area contributed by atoms with Crippen molar-refractivity contribution in [3.63, 3.8) is 0 Å². The molecule has 1 aliphatic rings. The molecule has 0 bridgehead atoms. The summed E-state index contributed by atoms with van der Waals surface area (Å²) in [5.41, 5.74) is 0.558. The van der Waals surface area contributed by atoms with Gasteiger partial charge < -0.3 is 9.52 Å². The number of aliphatic carboxylic acids is 1. The van der Waals surface area contributed by atoms with E-state index in [0.29, 0.717) is 6.54 Å². The minimum absolute atomic E-state index is 0.217. The molecule has 0 spiro atoms. The van der Waals surface area contributed by atoms with Crippen molar-refractivity contribution < 1.29 is 14.3 Å². The third-order valence-electron chi connectivity index (χ3n) is 4.36. The van der Waals surface area contributed by atoms with E-state index in [-0.39, 0.29) is 6.04 Å². The number of piperidine rings is 1. The Morgan fingerprint density at radius 2 is 2.42 bits per heavy atom. The first-order valence-corrected chi connectivity index (χ1v) is 7.08. The van der Waals surface area contributed by atoms with Crippen molar-refractivity contribution in [1.82, 2.24) is 4.90 Å². The molecule has 1 fully saturated rings. The highest BCUT2D eigenvalue weighted by molar-refractivity contribution is 5.75. The van der Waals surface area contributed by atoms with Crippen molar-refractivity contribution in [2.45, 2.75) is 45.6 Å². The van der Waals surface area contributed by atoms with E-state index in [1.165, 1.54) is 0 Å². The lowest BCUT2D eigenvalue weighted by Gasteiger charge is -2.42. The normalized spacial score (nSPS) is 26.2. The number of carbonyl (C=O) groups is 1. The molecule has 1 aromatic rings. The van der Waals surface area contributed by atoms with Crippen molar-refractivity contribution in [2.75, 3.05) is 13.1 Å². The van der Waals surface area contributed by atoms with Crippen LogP contribution in [0.15, 0.2) is 23.0 Å². The number of furan rings is 1. The lowest BCUT2D eigenvalue weighted by molar-refractivity contribution is -0.154. The van der Waals surface area contributed by atoms with Crippen LogP contribution >= 0.6 is 0 Å². The fraction of sp³-hybridized carbons (Fsp3) is 0.667. The van der Waals surface area contributed by atoms with E-state index in [2.05, 4.69) is 18.7 Å². The molecule has 19 heavy (non-hydrogen) atoms. The van der Waals surface area contributed by atoms with Crippen LogP contribution in [0.25, 0.3) is 0 Å². The highest BCUT2D eigenvalue weighted by Gasteiger charge is 2.42. The molecule has 0 aromatic carbocycles. The van der Waals surface area contributed by atoms with Gasteiger partial charge in [-0.25, -0.2) is 0 Å². The Labute approximate surface area is 114 Å². The summed E-state index contributed by atoms with van der Waals surface area (Å²) in [5, 5.41) is 9.60. The summed E-state index contributed by atoms with van der Waals surface area (Å²) in [5.74, 6) is -0.640. The number of carboxylic acid groups (broad SMARTS) is 1. The maximum absolute atomic E-state index is 11.7. The zero-order valence-electron chi connectivity index (χ0n) is 11.8. The molecule has 4 heteroatoms. The topological polar surface area (TPSA) is 53.7 Å². The standard InChI is InChI=1S/C15H23NO3/c1-3-6-15(14(17)18)7-4-8-16(11-15)12(2)13-5-9-19-10-13/h5,9-10,12H,3-4,6-8,11H2,1-2H3,(H,17,18). The first-order valence-electron chi connectivity index (χ1n) is 7.08. The molecule has 1 aromatic heterocycles. The molecule has 2 atom stereocenters. The van der Waals surface area contributed by atoms with Crippen molar-refractivity contribution in [3.05, 3.63) is 24.2 Å². The van der Waals surface area contributed by atoms with Gasteiger partial charge in [0.15, 0.2) is 0 Å². The van der Waals surface area contributed by atoms with Gasteiger partial charge in [-0.2, -0.15) is 0 Å². The van der Waals surface area contributed by atoms with Gasteiger partial charge >= 0.3 is 5.97 Å². The average Bonchev–Trinajstić information content (AvgIpc) is 2.92. The lowest BCUT2D eigenvalue weighted by atomic mass is 9.76. The highest BCUT2D eigenvalue weighted by Crippen LogP contribution is 2.38. The van der Waals surface area contributed by atoms with E-state index in [4.69, 9.17) is 4.42 Å². The molecule has 2 rings (SSSR count). The van der Waals surface area contributed by atoms with E-state index in [0.717, 1.165) is 37.8 Å². The minimum atomic E-state index is -0.640. The zero-order valence-corrected chi connectivity index (χ0v) is 11.8. The second-order valence-corrected chi connectivity index (χ2v) is 5.64. The van der Waals surface area contributed by atoms with Crippen LogP contribution < -0.4 is 0 Å². The average molecular weight is 265 g/mol. The van der Waals surface area contributed by atoms with E-state index in [1.54, 1.807) is 12.5 Å². The summed E-state index contributed by atoms with van der Waals surface area (Å²) in [6.07, 6.45) is 6.85. The van der Waals surface area contributed by atoms with Gasteiger partial charge in [-0.1, -0.05) is 13.3 Å². The fourth-order valence-corrected chi connectivity index (χ4v) is 3.19. The predicted molar refractivity (Wildman–Crippen MR) is 72.9 cm³/mol. The van der Waals surface area contributed by atoms with Crippen LogP contribution in [0.2, 0.25) is 0 Å². The number of hydrogen-bond donors (Lipinski definition) is 1.